The van der Waals surface area contributed by atoms with Gasteiger partial charge in [0.05, 0.1) is 18.6 Å². The molecule has 0 spiro atoms. The number of carboxylic acids is 1. The summed E-state index contributed by atoms with van der Waals surface area (Å²) >= 11 is 0. The van der Waals surface area contributed by atoms with Crippen LogP contribution in [-0.2, 0) is 9.53 Å². The number of urea groups is 1. The van der Waals surface area contributed by atoms with Crippen LogP contribution < -0.4 is 10.6 Å². The Hall–Kier alpha value is -1.30. The van der Waals surface area contributed by atoms with Crippen LogP contribution in [0.4, 0.5) is 4.79 Å². The number of nitrogens with one attached hydrogen (secondary N) is 2. The first-order valence-corrected chi connectivity index (χ1v) is 6.95. The van der Waals surface area contributed by atoms with E-state index in [4.69, 9.17) is 9.84 Å². The molecule has 6 nitrogen and oxygen atoms in total. The first-order valence-electron chi connectivity index (χ1n) is 6.95. The van der Waals surface area contributed by atoms with Crippen molar-refractivity contribution in [3.05, 3.63) is 0 Å². The van der Waals surface area contributed by atoms with Gasteiger partial charge in [0.15, 0.2) is 0 Å². The van der Waals surface area contributed by atoms with Gasteiger partial charge in [-0.05, 0) is 19.3 Å². The molecule has 2 amide bonds. The molecule has 0 aromatic carbocycles. The second-order valence-electron chi connectivity index (χ2n) is 5.62. The third-order valence-corrected chi connectivity index (χ3v) is 4.00. The molecule has 1 atom stereocenters. The number of carbonyl (C=O) groups is 2. The lowest BCUT2D eigenvalue weighted by Gasteiger charge is -2.29. The summed E-state index contributed by atoms with van der Waals surface area (Å²) in [6, 6.07) is -0.255. The van der Waals surface area contributed by atoms with Crippen molar-refractivity contribution in [1.29, 1.82) is 0 Å². The lowest BCUT2D eigenvalue weighted by atomic mass is 9.93. The van der Waals surface area contributed by atoms with E-state index < -0.39 is 11.5 Å². The Morgan fingerprint density at radius 2 is 2.05 bits per heavy atom. The summed E-state index contributed by atoms with van der Waals surface area (Å²) in [4.78, 5) is 22.8. The normalized spacial score (nSPS) is 25.2. The second kappa shape index (κ2) is 6.23. The molecule has 1 unspecified atom stereocenters. The molecule has 1 saturated heterocycles. The fourth-order valence-corrected chi connectivity index (χ4v) is 2.95. The van der Waals surface area contributed by atoms with Crippen molar-refractivity contribution in [1.82, 2.24) is 10.6 Å². The van der Waals surface area contributed by atoms with Gasteiger partial charge < -0.3 is 20.5 Å². The lowest BCUT2D eigenvalue weighted by molar-refractivity contribution is -0.138. The summed E-state index contributed by atoms with van der Waals surface area (Å²) in [6.45, 7) is 2.05. The van der Waals surface area contributed by atoms with E-state index in [0.29, 0.717) is 19.1 Å². The van der Waals surface area contributed by atoms with E-state index in [-0.39, 0.29) is 12.5 Å². The highest BCUT2D eigenvalue weighted by atomic mass is 16.5. The molecular formula is C13H22N2O4. The molecule has 3 N–H and O–H groups in total. The molecule has 0 aromatic heterocycles. The van der Waals surface area contributed by atoms with Gasteiger partial charge in [-0.25, -0.2) is 4.79 Å². The molecule has 1 heterocycles. The number of carbonyl (C=O) groups excluding carboxylic acids is 1. The zero-order valence-electron chi connectivity index (χ0n) is 11.1. The molecule has 1 saturated carbocycles. The first kappa shape index (κ1) is 14.1. The van der Waals surface area contributed by atoms with Crippen molar-refractivity contribution in [3.63, 3.8) is 0 Å². The van der Waals surface area contributed by atoms with Gasteiger partial charge >= 0.3 is 12.0 Å². The third-order valence-electron chi connectivity index (χ3n) is 4.00. The monoisotopic (exact) mass is 270 g/mol. The molecule has 0 radical (unpaired) electrons. The average Bonchev–Trinajstić information content (AvgIpc) is 2.97. The van der Waals surface area contributed by atoms with Gasteiger partial charge in [0, 0.05) is 19.1 Å². The van der Waals surface area contributed by atoms with Crippen LogP contribution in [0.1, 0.15) is 38.5 Å². The summed E-state index contributed by atoms with van der Waals surface area (Å²) in [6.07, 6.45) is 4.43. The molecule has 0 aromatic rings. The lowest BCUT2D eigenvalue weighted by Crippen LogP contribution is -2.52. The standard InChI is InChI=1S/C13H22N2O4/c16-11(17)7-13(4-1-2-5-13)15-12(18)14-8-10-3-6-19-9-10/h10H,1-9H2,(H,16,17)(H2,14,15,18). The SMILES string of the molecule is O=C(O)CC1(NC(=O)NCC2CCOC2)CCCC1. The van der Waals surface area contributed by atoms with Crippen molar-refractivity contribution >= 4 is 12.0 Å². The molecule has 2 fully saturated rings. The highest BCUT2D eigenvalue weighted by Gasteiger charge is 2.37. The maximum atomic E-state index is 11.9. The molecule has 1 aliphatic heterocycles. The maximum absolute atomic E-state index is 11.9. The summed E-state index contributed by atoms with van der Waals surface area (Å²) in [7, 11) is 0. The molecule has 6 heteroatoms. The van der Waals surface area contributed by atoms with E-state index in [1.165, 1.54) is 0 Å². The number of hydrogen-bond donors (Lipinski definition) is 3. The topological polar surface area (TPSA) is 87.7 Å². The maximum Gasteiger partial charge on any atom is 0.315 e. The van der Waals surface area contributed by atoms with Crippen LogP contribution >= 0.6 is 0 Å². The molecule has 2 aliphatic rings. The Kier molecular flexibility index (Phi) is 4.63. The van der Waals surface area contributed by atoms with Gasteiger partial charge in [-0.1, -0.05) is 12.8 Å². The Balaban J connectivity index is 1.79. The van der Waals surface area contributed by atoms with Gasteiger partial charge in [0.1, 0.15) is 0 Å². The van der Waals surface area contributed by atoms with Crippen LogP contribution in [-0.4, -0.2) is 42.4 Å². The van der Waals surface area contributed by atoms with E-state index in [1.54, 1.807) is 0 Å². The van der Waals surface area contributed by atoms with E-state index in [9.17, 15) is 9.59 Å². The van der Waals surface area contributed by atoms with Crippen LogP contribution in [0.25, 0.3) is 0 Å². The van der Waals surface area contributed by atoms with E-state index in [0.717, 1.165) is 38.7 Å². The van der Waals surface area contributed by atoms with Gasteiger partial charge in [0.2, 0.25) is 0 Å². The highest BCUT2D eigenvalue weighted by molar-refractivity contribution is 5.76. The van der Waals surface area contributed by atoms with Gasteiger partial charge in [-0.3, -0.25) is 4.79 Å². The van der Waals surface area contributed by atoms with Crippen molar-refractivity contribution in [2.45, 2.75) is 44.1 Å². The third kappa shape index (κ3) is 4.09. The number of rotatable bonds is 5. The van der Waals surface area contributed by atoms with Crippen LogP contribution in [0.5, 0.6) is 0 Å². The Labute approximate surface area is 112 Å². The average molecular weight is 270 g/mol. The number of hydrogen-bond acceptors (Lipinski definition) is 3. The number of aliphatic carboxylic acids is 1. The fraction of sp³-hybridized carbons (Fsp3) is 0.846. The van der Waals surface area contributed by atoms with E-state index >= 15 is 0 Å². The van der Waals surface area contributed by atoms with Crippen molar-refractivity contribution in [2.75, 3.05) is 19.8 Å². The minimum Gasteiger partial charge on any atom is -0.481 e. The zero-order chi connectivity index (χ0) is 13.7. The van der Waals surface area contributed by atoms with E-state index in [2.05, 4.69) is 10.6 Å². The molecular weight excluding hydrogens is 248 g/mol. The molecule has 2 rings (SSSR count). The quantitative estimate of drug-likeness (QED) is 0.698. The van der Waals surface area contributed by atoms with Crippen LogP contribution in [0, 0.1) is 5.92 Å². The summed E-state index contributed by atoms with van der Waals surface area (Å²) in [5.74, 6) is -0.476. The zero-order valence-corrected chi connectivity index (χ0v) is 11.1. The number of ether oxygens (including phenoxy) is 1. The largest absolute Gasteiger partial charge is 0.481 e. The molecule has 19 heavy (non-hydrogen) atoms. The summed E-state index contributed by atoms with van der Waals surface area (Å²) < 4.78 is 5.25. The highest BCUT2D eigenvalue weighted by Crippen LogP contribution is 2.32. The van der Waals surface area contributed by atoms with Crippen LogP contribution in [0.15, 0.2) is 0 Å². The molecule has 108 valence electrons. The Bertz CT molecular complexity index is 334. The van der Waals surface area contributed by atoms with Crippen LogP contribution in [0.3, 0.4) is 0 Å². The second-order valence-corrected chi connectivity index (χ2v) is 5.62. The molecule has 1 aliphatic carbocycles. The summed E-state index contributed by atoms with van der Waals surface area (Å²) in [5, 5.41) is 14.7. The molecule has 0 bridgehead atoms. The van der Waals surface area contributed by atoms with Crippen molar-refractivity contribution in [3.8, 4) is 0 Å². The predicted molar refractivity (Wildman–Crippen MR) is 68.9 cm³/mol. The number of carboxylic acid groups (broad SMARTS) is 1. The van der Waals surface area contributed by atoms with Crippen molar-refractivity contribution < 1.29 is 19.4 Å². The predicted octanol–water partition coefficient (Wildman–Crippen LogP) is 1.11. The Morgan fingerprint density at radius 3 is 2.63 bits per heavy atom. The van der Waals surface area contributed by atoms with Gasteiger partial charge in [0.25, 0.3) is 0 Å². The minimum absolute atomic E-state index is 0.00690. The van der Waals surface area contributed by atoms with Crippen molar-refractivity contribution in [2.24, 2.45) is 5.92 Å². The van der Waals surface area contributed by atoms with Gasteiger partial charge in [-0.2, -0.15) is 0 Å². The number of amides is 2. The van der Waals surface area contributed by atoms with Crippen LogP contribution in [0.2, 0.25) is 0 Å². The van der Waals surface area contributed by atoms with E-state index in [1.807, 2.05) is 0 Å². The Morgan fingerprint density at radius 1 is 1.32 bits per heavy atom. The minimum atomic E-state index is -0.855. The first-order chi connectivity index (χ1) is 9.10. The van der Waals surface area contributed by atoms with Gasteiger partial charge in [-0.15, -0.1) is 0 Å². The summed E-state index contributed by atoms with van der Waals surface area (Å²) in [5.41, 5.74) is -0.553. The fourth-order valence-electron chi connectivity index (χ4n) is 2.95. The smallest absolute Gasteiger partial charge is 0.315 e.